The molecule has 86 valence electrons. The first kappa shape index (κ1) is 14.1. The second-order valence-electron chi connectivity index (χ2n) is 2.41. The molecule has 1 atom stereocenters. The Morgan fingerprint density at radius 1 is 1.07 bits per heavy atom. The summed E-state index contributed by atoms with van der Waals surface area (Å²) in [7, 11) is -3.43. The van der Waals surface area contributed by atoms with Gasteiger partial charge >= 0.3 is 7.82 Å². The molecular weight excluding hydrogens is 207 g/mol. The van der Waals surface area contributed by atoms with Crippen molar-refractivity contribution in [3.05, 3.63) is 0 Å². The highest BCUT2D eigenvalue weighted by atomic mass is 31.2. The van der Waals surface area contributed by atoms with Crippen molar-refractivity contribution < 1.29 is 22.9 Å². The van der Waals surface area contributed by atoms with Gasteiger partial charge in [0.05, 0.1) is 13.2 Å². The largest absolute Gasteiger partial charge is 0.477 e. The zero-order valence-corrected chi connectivity index (χ0v) is 10.1. The SMILES string of the molecule is CCOC(C)OP(=O)(OCC)OCC. The Morgan fingerprint density at radius 3 is 1.93 bits per heavy atom. The molecule has 0 aromatic carbocycles. The van der Waals surface area contributed by atoms with Gasteiger partial charge in [0.15, 0.2) is 6.29 Å². The minimum atomic E-state index is -3.43. The third-order valence-corrected chi connectivity index (χ3v) is 2.96. The highest BCUT2D eigenvalue weighted by Crippen LogP contribution is 2.50. The first-order valence-corrected chi connectivity index (χ1v) is 6.23. The lowest BCUT2D eigenvalue weighted by Gasteiger charge is -2.20. The van der Waals surface area contributed by atoms with E-state index in [2.05, 4.69) is 0 Å². The molecule has 0 saturated carbocycles. The minimum absolute atomic E-state index is 0.274. The van der Waals surface area contributed by atoms with E-state index in [4.69, 9.17) is 18.3 Å². The molecule has 0 aliphatic carbocycles. The summed E-state index contributed by atoms with van der Waals surface area (Å²) >= 11 is 0. The summed E-state index contributed by atoms with van der Waals surface area (Å²) in [5.41, 5.74) is 0. The van der Waals surface area contributed by atoms with Crippen LogP contribution < -0.4 is 0 Å². The number of phosphoric acid groups is 1. The van der Waals surface area contributed by atoms with E-state index in [1.165, 1.54) is 0 Å². The van der Waals surface area contributed by atoms with Crippen LogP contribution in [0.2, 0.25) is 0 Å². The number of rotatable bonds is 8. The van der Waals surface area contributed by atoms with E-state index in [9.17, 15) is 4.57 Å². The molecule has 0 amide bonds. The van der Waals surface area contributed by atoms with Gasteiger partial charge in [0.25, 0.3) is 0 Å². The van der Waals surface area contributed by atoms with Crippen molar-refractivity contribution in [2.24, 2.45) is 0 Å². The van der Waals surface area contributed by atoms with Crippen molar-refractivity contribution in [1.29, 1.82) is 0 Å². The van der Waals surface area contributed by atoms with Gasteiger partial charge in [-0.3, -0.25) is 13.6 Å². The van der Waals surface area contributed by atoms with Crippen LogP contribution in [0.3, 0.4) is 0 Å². The molecule has 0 aliphatic rings. The Balaban J connectivity index is 4.13. The second kappa shape index (κ2) is 7.37. The highest BCUT2D eigenvalue weighted by molar-refractivity contribution is 7.48. The molecule has 0 aromatic heterocycles. The third-order valence-electron chi connectivity index (χ3n) is 1.25. The van der Waals surface area contributed by atoms with Gasteiger partial charge in [-0.15, -0.1) is 0 Å². The van der Waals surface area contributed by atoms with Gasteiger partial charge in [0.1, 0.15) is 0 Å². The van der Waals surface area contributed by atoms with E-state index in [1.54, 1.807) is 20.8 Å². The van der Waals surface area contributed by atoms with Gasteiger partial charge in [-0.05, 0) is 27.7 Å². The quantitative estimate of drug-likeness (QED) is 0.470. The van der Waals surface area contributed by atoms with Crippen LogP contribution in [0.25, 0.3) is 0 Å². The minimum Gasteiger partial charge on any atom is -0.353 e. The molecule has 5 nitrogen and oxygen atoms in total. The lowest BCUT2D eigenvalue weighted by molar-refractivity contribution is -0.0816. The summed E-state index contributed by atoms with van der Waals surface area (Å²) in [5.74, 6) is 0. The summed E-state index contributed by atoms with van der Waals surface area (Å²) in [6.07, 6.45) is -0.594. The van der Waals surface area contributed by atoms with Crippen LogP contribution in [0.4, 0.5) is 0 Å². The molecule has 0 aromatic rings. The fraction of sp³-hybridized carbons (Fsp3) is 1.00. The van der Waals surface area contributed by atoms with E-state index in [-0.39, 0.29) is 13.2 Å². The molecule has 1 unspecified atom stereocenters. The summed E-state index contributed by atoms with van der Waals surface area (Å²) < 4.78 is 31.7. The number of ether oxygens (including phenoxy) is 1. The third kappa shape index (κ3) is 5.73. The van der Waals surface area contributed by atoms with Crippen molar-refractivity contribution in [1.82, 2.24) is 0 Å². The molecular formula is C8H19O5P. The predicted octanol–water partition coefficient (Wildman–Crippen LogP) is 2.57. The molecule has 14 heavy (non-hydrogen) atoms. The van der Waals surface area contributed by atoms with Gasteiger partial charge in [-0.1, -0.05) is 0 Å². The van der Waals surface area contributed by atoms with E-state index >= 15 is 0 Å². The van der Waals surface area contributed by atoms with Crippen molar-refractivity contribution in [3.63, 3.8) is 0 Å². The molecule has 0 aliphatic heterocycles. The maximum atomic E-state index is 11.8. The maximum Gasteiger partial charge on any atom is 0.477 e. The second-order valence-corrected chi connectivity index (χ2v) is 4.03. The van der Waals surface area contributed by atoms with Crippen LogP contribution >= 0.6 is 7.82 Å². The normalized spacial score (nSPS) is 14.3. The van der Waals surface area contributed by atoms with E-state index in [0.717, 1.165) is 0 Å². The Bertz CT molecular complexity index is 175. The number of phosphoric ester groups is 1. The summed E-state index contributed by atoms with van der Waals surface area (Å²) in [6, 6.07) is 0. The fourth-order valence-electron chi connectivity index (χ4n) is 0.861. The average molecular weight is 226 g/mol. The smallest absolute Gasteiger partial charge is 0.353 e. The predicted molar refractivity (Wildman–Crippen MR) is 53.0 cm³/mol. The van der Waals surface area contributed by atoms with Gasteiger partial charge < -0.3 is 4.74 Å². The zero-order chi connectivity index (χ0) is 11.0. The Labute approximate surface area is 85.3 Å². The van der Waals surface area contributed by atoms with E-state index < -0.39 is 14.1 Å². The fourth-order valence-corrected chi connectivity index (χ4v) is 2.11. The van der Waals surface area contributed by atoms with Gasteiger partial charge in [-0.2, -0.15) is 0 Å². The standard InChI is InChI=1S/C8H19O5P/c1-5-10-8(4)13-14(9,11-6-2)12-7-3/h8H,5-7H2,1-4H3. The topological polar surface area (TPSA) is 54.0 Å². The molecule has 0 fully saturated rings. The lowest BCUT2D eigenvalue weighted by atomic mass is 10.7. The van der Waals surface area contributed by atoms with Crippen molar-refractivity contribution in [2.75, 3.05) is 19.8 Å². The van der Waals surface area contributed by atoms with Crippen LogP contribution in [0, 0.1) is 0 Å². The molecule has 0 saturated heterocycles. The Hall–Kier alpha value is 0.0700. The molecule has 0 heterocycles. The van der Waals surface area contributed by atoms with Gasteiger partial charge in [-0.25, -0.2) is 4.57 Å². The average Bonchev–Trinajstić information content (AvgIpc) is 2.04. The van der Waals surface area contributed by atoms with Gasteiger partial charge in [0, 0.05) is 6.61 Å². The molecule has 0 bridgehead atoms. The molecule has 0 rings (SSSR count). The van der Waals surface area contributed by atoms with E-state index in [1.807, 2.05) is 6.92 Å². The molecule has 0 radical (unpaired) electrons. The number of hydrogen-bond acceptors (Lipinski definition) is 5. The zero-order valence-electron chi connectivity index (χ0n) is 9.19. The van der Waals surface area contributed by atoms with Crippen LogP contribution in [0.5, 0.6) is 0 Å². The van der Waals surface area contributed by atoms with Crippen LogP contribution in [-0.2, 0) is 22.9 Å². The van der Waals surface area contributed by atoms with Crippen molar-refractivity contribution in [3.8, 4) is 0 Å². The Kier molecular flexibility index (Phi) is 7.41. The molecule has 6 heteroatoms. The number of hydrogen-bond donors (Lipinski definition) is 0. The summed E-state index contributed by atoms with van der Waals surface area (Å²) in [6.45, 7) is 7.95. The van der Waals surface area contributed by atoms with Crippen LogP contribution in [-0.4, -0.2) is 26.1 Å². The first-order chi connectivity index (χ1) is 6.58. The molecule has 0 N–H and O–H groups in total. The maximum absolute atomic E-state index is 11.8. The Morgan fingerprint density at radius 2 is 1.57 bits per heavy atom. The highest BCUT2D eigenvalue weighted by Gasteiger charge is 2.28. The summed E-state index contributed by atoms with van der Waals surface area (Å²) in [4.78, 5) is 0. The first-order valence-electron chi connectivity index (χ1n) is 4.77. The monoisotopic (exact) mass is 226 g/mol. The lowest BCUT2D eigenvalue weighted by Crippen LogP contribution is -2.13. The summed E-state index contributed by atoms with van der Waals surface area (Å²) in [5, 5.41) is 0. The van der Waals surface area contributed by atoms with E-state index in [0.29, 0.717) is 6.61 Å². The molecule has 0 spiro atoms. The van der Waals surface area contributed by atoms with Crippen molar-refractivity contribution in [2.45, 2.75) is 34.0 Å². The van der Waals surface area contributed by atoms with Crippen LogP contribution in [0.15, 0.2) is 0 Å². The van der Waals surface area contributed by atoms with Crippen LogP contribution in [0.1, 0.15) is 27.7 Å². The van der Waals surface area contributed by atoms with Gasteiger partial charge in [0.2, 0.25) is 0 Å². The van der Waals surface area contributed by atoms with Crippen molar-refractivity contribution >= 4 is 7.82 Å².